The number of rotatable bonds is 4. The number of carbonyl (C=O) groups is 2. The fraction of sp³-hybridized carbons (Fsp3) is 0.417. The zero-order chi connectivity index (χ0) is 23.3. The van der Waals surface area contributed by atoms with Crippen LogP contribution in [0.2, 0.25) is 0 Å². The molecular formula is C24H33N3O3S. The predicted molar refractivity (Wildman–Crippen MR) is 131 cm³/mol. The Hall–Kier alpha value is -2.80. The monoisotopic (exact) mass is 443 g/mol. The maximum absolute atomic E-state index is 13.1. The van der Waals surface area contributed by atoms with Gasteiger partial charge in [-0.05, 0) is 62.9 Å². The van der Waals surface area contributed by atoms with Crippen LogP contribution in [0.25, 0.3) is 10.1 Å². The lowest BCUT2D eigenvalue weighted by Crippen LogP contribution is -2.28. The molecule has 0 aliphatic rings. The largest absolute Gasteiger partial charge is 0.444 e. The van der Waals surface area contributed by atoms with Crippen molar-refractivity contribution in [2.75, 3.05) is 17.3 Å². The van der Waals surface area contributed by atoms with Crippen LogP contribution >= 0.6 is 11.3 Å². The van der Waals surface area contributed by atoms with E-state index in [2.05, 4.69) is 24.4 Å². The molecule has 0 aliphatic carbocycles. The summed E-state index contributed by atoms with van der Waals surface area (Å²) in [7, 11) is 3.53. The average molecular weight is 444 g/mol. The minimum absolute atomic E-state index is 0.157. The van der Waals surface area contributed by atoms with E-state index in [-0.39, 0.29) is 5.91 Å². The second-order valence-electron chi connectivity index (χ2n) is 8.00. The smallest absolute Gasteiger partial charge is 0.412 e. The molecule has 1 N–H and O–H groups in total. The number of fused-ring (bicyclic) bond motifs is 1. The van der Waals surface area contributed by atoms with Crippen molar-refractivity contribution in [2.24, 2.45) is 7.05 Å². The molecule has 2 heterocycles. The number of benzene rings is 1. The van der Waals surface area contributed by atoms with Gasteiger partial charge in [-0.2, -0.15) is 0 Å². The molecular weight excluding hydrogens is 410 g/mol. The number of aromatic nitrogens is 1. The standard InChI is InChI=1S/C22H27N3O3S.C2H6/c1-7-17-11-14-10-16(8-9-19(14)29-17)25(6)20(26)18-12-15(13-24(18)5)23-21(27)28-22(2,3)4;1-2/h8-13H,7H2,1-6H3,(H,23,27);1-2H3. The van der Waals surface area contributed by atoms with Crippen LogP contribution < -0.4 is 10.2 Å². The maximum atomic E-state index is 13.1. The number of carbonyl (C=O) groups excluding carboxylic acids is 2. The lowest BCUT2D eigenvalue weighted by Gasteiger charge is -2.19. The summed E-state index contributed by atoms with van der Waals surface area (Å²) in [5.41, 5.74) is 1.22. The first kappa shape index (κ1) is 24.5. The molecule has 3 aromatic rings. The molecule has 31 heavy (non-hydrogen) atoms. The Kier molecular flexibility index (Phi) is 7.90. The lowest BCUT2D eigenvalue weighted by molar-refractivity contribution is 0.0635. The van der Waals surface area contributed by atoms with Gasteiger partial charge in [0.05, 0.1) is 5.69 Å². The zero-order valence-electron chi connectivity index (χ0n) is 19.7. The van der Waals surface area contributed by atoms with Gasteiger partial charge in [-0.15, -0.1) is 11.3 Å². The topological polar surface area (TPSA) is 63.6 Å². The van der Waals surface area contributed by atoms with Crippen molar-refractivity contribution in [3.8, 4) is 0 Å². The van der Waals surface area contributed by atoms with E-state index < -0.39 is 11.7 Å². The highest BCUT2D eigenvalue weighted by molar-refractivity contribution is 7.19. The van der Waals surface area contributed by atoms with Crippen LogP contribution in [0.4, 0.5) is 16.2 Å². The summed E-state index contributed by atoms with van der Waals surface area (Å²) >= 11 is 1.78. The van der Waals surface area contributed by atoms with Gasteiger partial charge in [0.2, 0.25) is 0 Å². The fourth-order valence-corrected chi connectivity index (χ4v) is 4.01. The number of hydrogen-bond donors (Lipinski definition) is 1. The van der Waals surface area contributed by atoms with Crippen molar-refractivity contribution >= 4 is 44.8 Å². The maximum Gasteiger partial charge on any atom is 0.412 e. The number of hydrogen-bond acceptors (Lipinski definition) is 4. The summed E-state index contributed by atoms with van der Waals surface area (Å²) in [5.74, 6) is -0.157. The normalized spacial score (nSPS) is 11.0. The highest BCUT2D eigenvalue weighted by atomic mass is 32.1. The number of nitrogens with one attached hydrogen (secondary N) is 1. The van der Waals surface area contributed by atoms with Crippen molar-refractivity contribution in [2.45, 2.75) is 53.6 Å². The van der Waals surface area contributed by atoms with Gasteiger partial charge in [0.1, 0.15) is 11.3 Å². The van der Waals surface area contributed by atoms with E-state index in [1.54, 1.807) is 67.9 Å². The van der Waals surface area contributed by atoms with Crippen molar-refractivity contribution in [3.05, 3.63) is 47.1 Å². The van der Waals surface area contributed by atoms with E-state index in [0.29, 0.717) is 11.4 Å². The lowest BCUT2D eigenvalue weighted by atomic mass is 10.2. The van der Waals surface area contributed by atoms with Crippen molar-refractivity contribution < 1.29 is 14.3 Å². The third-order valence-electron chi connectivity index (χ3n) is 4.46. The minimum atomic E-state index is -0.588. The summed E-state index contributed by atoms with van der Waals surface area (Å²) in [4.78, 5) is 28.0. The summed E-state index contributed by atoms with van der Waals surface area (Å²) in [6.07, 6.45) is 2.14. The summed E-state index contributed by atoms with van der Waals surface area (Å²) in [6, 6.07) is 9.87. The highest BCUT2D eigenvalue weighted by Gasteiger charge is 2.21. The van der Waals surface area contributed by atoms with Crippen LogP contribution in [0.5, 0.6) is 0 Å². The van der Waals surface area contributed by atoms with Gasteiger partial charge in [-0.1, -0.05) is 20.8 Å². The number of anilines is 2. The molecule has 0 fully saturated rings. The van der Waals surface area contributed by atoms with Crippen LogP contribution in [0, 0.1) is 0 Å². The zero-order valence-corrected chi connectivity index (χ0v) is 20.5. The third kappa shape index (κ3) is 6.10. The summed E-state index contributed by atoms with van der Waals surface area (Å²) in [5, 5.41) is 3.82. The molecule has 0 saturated heterocycles. The van der Waals surface area contributed by atoms with E-state index in [0.717, 1.165) is 17.5 Å². The molecule has 6 nitrogen and oxygen atoms in total. The van der Waals surface area contributed by atoms with E-state index in [4.69, 9.17) is 4.74 Å². The molecule has 0 atom stereocenters. The molecule has 0 aliphatic heterocycles. The van der Waals surface area contributed by atoms with Crippen LogP contribution in [-0.4, -0.2) is 29.2 Å². The van der Waals surface area contributed by atoms with E-state index >= 15 is 0 Å². The van der Waals surface area contributed by atoms with Gasteiger partial charge in [0.15, 0.2) is 0 Å². The van der Waals surface area contributed by atoms with E-state index in [9.17, 15) is 9.59 Å². The number of nitrogens with zero attached hydrogens (tertiary/aromatic N) is 2. The first-order valence-electron chi connectivity index (χ1n) is 10.5. The molecule has 0 radical (unpaired) electrons. The van der Waals surface area contributed by atoms with Gasteiger partial charge in [0, 0.05) is 35.6 Å². The van der Waals surface area contributed by atoms with Gasteiger partial charge >= 0.3 is 6.09 Å². The Labute approximate surface area is 188 Å². The Bertz CT molecular complexity index is 1060. The molecule has 168 valence electrons. The van der Waals surface area contributed by atoms with Gasteiger partial charge in [0.25, 0.3) is 5.91 Å². The molecule has 2 amide bonds. The summed E-state index contributed by atoms with van der Waals surface area (Å²) in [6.45, 7) is 11.5. The Balaban J connectivity index is 0.00000166. The van der Waals surface area contributed by atoms with Crippen LogP contribution in [0.1, 0.15) is 56.9 Å². The molecule has 2 aromatic heterocycles. The van der Waals surface area contributed by atoms with E-state index in [1.807, 2.05) is 26.0 Å². The van der Waals surface area contributed by atoms with Crippen molar-refractivity contribution in [3.63, 3.8) is 0 Å². The average Bonchev–Trinajstić information content (AvgIpc) is 3.28. The molecule has 0 saturated carbocycles. The van der Waals surface area contributed by atoms with Crippen molar-refractivity contribution in [1.82, 2.24) is 4.57 Å². The second-order valence-corrected chi connectivity index (χ2v) is 9.17. The minimum Gasteiger partial charge on any atom is -0.444 e. The fourth-order valence-electron chi connectivity index (χ4n) is 3.02. The Morgan fingerprint density at radius 3 is 2.45 bits per heavy atom. The van der Waals surface area contributed by atoms with Crippen molar-refractivity contribution in [1.29, 1.82) is 0 Å². The third-order valence-corrected chi connectivity index (χ3v) is 5.72. The SMILES string of the molecule is CC.CCc1cc2cc(N(C)C(=O)c3cc(NC(=O)OC(C)(C)C)cn3C)ccc2s1. The number of amides is 2. The number of ether oxygens (including phenoxy) is 1. The van der Waals surface area contributed by atoms with Gasteiger partial charge < -0.3 is 14.2 Å². The Morgan fingerprint density at radius 1 is 1.16 bits per heavy atom. The molecule has 1 aromatic carbocycles. The number of thiophene rings is 1. The van der Waals surface area contributed by atoms with E-state index in [1.165, 1.54) is 9.58 Å². The molecule has 3 rings (SSSR count). The molecule has 0 spiro atoms. The van der Waals surface area contributed by atoms with Gasteiger partial charge in [-0.25, -0.2) is 4.79 Å². The van der Waals surface area contributed by atoms with Crippen LogP contribution in [-0.2, 0) is 18.2 Å². The second kappa shape index (κ2) is 10.0. The first-order chi connectivity index (χ1) is 14.6. The first-order valence-corrected chi connectivity index (χ1v) is 11.4. The molecule has 0 unspecified atom stereocenters. The molecule has 7 heteroatoms. The quantitative estimate of drug-likeness (QED) is 0.504. The van der Waals surface area contributed by atoms with Crippen LogP contribution in [0.15, 0.2) is 36.5 Å². The Morgan fingerprint density at radius 2 is 1.84 bits per heavy atom. The summed E-state index contributed by atoms with van der Waals surface area (Å²) < 4.78 is 8.18. The predicted octanol–water partition coefficient (Wildman–Crippen LogP) is 6.45. The molecule has 0 bridgehead atoms. The van der Waals surface area contributed by atoms with Crippen LogP contribution in [0.3, 0.4) is 0 Å². The highest BCUT2D eigenvalue weighted by Crippen LogP contribution is 2.30. The van der Waals surface area contributed by atoms with Gasteiger partial charge in [-0.3, -0.25) is 10.1 Å². The number of aryl methyl sites for hydroxylation is 2.